The first kappa shape index (κ1) is 18.9. The summed E-state index contributed by atoms with van der Waals surface area (Å²) in [7, 11) is 0. The molecular weight excluding hydrogens is 400 g/mol. The van der Waals surface area contributed by atoms with Crippen LogP contribution in [0.4, 0.5) is 5.95 Å². The average molecular weight is 421 g/mol. The SMILES string of the molecule is NC(=O)C1CCN(c2nc(-c3cccc(Cl)c3)c3c(n2)-c2ccccc2OC3)CC1. The second-order valence-corrected chi connectivity index (χ2v) is 8.09. The lowest BCUT2D eigenvalue weighted by Gasteiger charge is -2.32. The van der Waals surface area contributed by atoms with Crippen LogP contribution in [0.15, 0.2) is 48.5 Å². The Morgan fingerprint density at radius 2 is 1.83 bits per heavy atom. The Morgan fingerprint density at radius 1 is 1.07 bits per heavy atom. The number of carbonyl (C=O) groups is 1. The van der Waals surface area contributed by atoms with E-state index < -0.39 is 0 Å². The van der Waals surface area contributed by atoms with Crippen LogP contribution in [0.25, 0.3) is 22.5 Å². The number of carbonyl (C=O) groups excluding carboxylic acids is 1. The predicted molar refractivity (Wildman–Crippen MR) is 116 cm³/mol. The van der Waals surface area contributed by atoms with Crippen LogP contribution >= 0.6 is 11.6 Å². The van der Waals surface area contributed by atoms with Gasteiger partial charge in [-0.05, 0) is 37.1 Å². The molecule has 6 nitrogen and oxygen atoms in total. The van der Waals surface area contributed by atoms with E-state index >= 15 is 0 Å². The average Bonchev–Trinajstić information content (AvgIpc) is 2.78. The Kier molecular flexibility index (Phi) is 4.79. The summed E-state index contributed by atoms with van der Waals surface area (Å²) in [5.74, 6) is 1.16. The molecule has 3 aromatic rings. The molecule has 2 aliphatic rings. The number of benzene rings is 2. The van der Waals surface area contributed by atoms with Crippen LogP contribution in [0.3, 0.4) is 0 Å². The fourth-order valence-electron chi connectivity index (χ4n) is 4.15. The number of ether oxygens (including phenoxy) is 1. The van der Waals surface area contributed by atoms with Gasteiger partial charge >= 0.3 is 0 Å². The van der Waals surface area contributed by atoms with E-state index in [0.717, 1.165) is 33.8 Å². The monoisotopic (exact) mass is 420 g/mol. The molecule has 0 atom stereocenters. The second kappa shape index (κ2) is 7.61. The van der Waals surface area contributed by atoms with Gasteiger partial charge in [0.1, 0.15) is 12.4 Å². The molecular formula is C23H21ClN4O2. The van der Waals surface area contributed by atoms with Gasteiger partial charge in [0.25, 0.3) is 0 Å². The first-order valence-electron chi connectivity index (χ1n) is 10.0. The van der Waals surface area contributed by atoms with Gasteiger partial charge in [-0.1, -0.05) is 35.9 Å². The molecule has 0 unspecified atom stereocenters. The first-order chi connectivity index (χ1) is 14.6. The second-order valence-electron chi connectivity index (χ2n) is 7.66. The quantitative estimate of drug-likeness (QED) is 0.691. The van der Waals surface area contributed by atoms with Gasteiger partial charge < -0.3 is 15.4 Å². The number of aromatic nitrogens is 2. The van der Waals surface area contributed by atoms with E-state index in [1.165, 1.54) is 0 Å². The highest BCUT2D eigenvalue weighted by Crippen LogP contribution is 2.41. The van der Waals surface area contributed by atoms with Crippen molar-refractivity contribution in [2.75, 3.05) is 18.0 Å². The molecule has 3 heterocycles. The molecule has 2 aromatic carbocycles. The van der Waals surface area contributed by atoms with E-state index in [-0.39, 0.29) is 11.8 Å². The Bertz CT molecular complexity index is 1130. The molecule has 5 rings (SSSR count). The van der Waals surface area contributed by atoms with Crippen LogP contribution in [0.2, 0.25) is 5.02 Å². The molecule has 7 heteroatoms. The molecule has 1 amide bonds. The lowest BCUT2D eigenvalue weighted by Crippen LogP contribution is -2.39. The minimum atomic E-state index is -0.230. The van der Waals surface area contributed by atoms with Crippen LogP contribution in [-0.2, 0) is 11.4 Å². The van der Waals surface area contributed by atoms with Gasteiger partial charge in [0.15, 0.2) is 0 Å². The molecule has 30 heavy (non-hydrogen) atoms. The van der Waals surface area contributed by atoms with Crippen molar-refractivity contribution in [1.29, 1.82) is 0 Å². The summed E-state index contributed by atoms with van der Waals surface area (Å²) in [4.78, 5) is 23.5. The number of hydrogen-bond donors (Lipinski definition) is 1. The molecule has 0 radical (unpaired) electrons. The number of para-hydroxylation sites is 1. The maximum absolute atomic E-state index is 11.5. The molecule has 0 bridgehead atoms. The van der Waals surface area contributed by atoms with E-state index in [0.29, 0.717) is 43.5 Å². The smallest absolute Gasteiger partial charge is 0.226 e. The third-order valence-electron chi connectivity index (χ3n) is 5.79. The number of rotatable bonds is 3. The number of amides is 1. The predicted octanol–water partition coefficient (Wildman–Crippen LogP) is 4.06. The van der Waals surface area contributed by atoms with Crippen LogP contribution < -0.4 is 15.4 Å². The van der Waals surface area contributed by atoms with Crippen LogP contribution in [-0.4, -0.2) is 29.0 Å². The van der Waals surface area contributed by atoms with Crippen molar-refractivity contribution in [2.24, 2.45) is 11.7 Å². The van der Waals surface area contributed by atoms with Crippen molar-refractivity contribution in [2.45, 2.75) is 19.4 Å². The maximum atomic E-state index is 11.5. The number of piperidine rings is 1. The topological polar surface area (TPSA) is 81.3 Å². The number of primary amides is 1. The molecule has 1 saturated heterocycles. The molecule has 1 aromatic heterocycles. The number of hydrogen-bond acceptors (Lipinski definition) is 5. The summed E-state index contributed by atoms with van der Waals surface area (Å²) in [5.41, 5.74) is 10.0. The Balaban J connectivity index is 1.63. The van der Waals surface area contributed by atoms with Crippen molar-refractivity contribution < 1.29 is 9.53 Å². The number of nitrogens with zero attached hydrogens (tertiary/aromatic N) is 3. The van der Waals surface area contributed by atoms with Crippen molar-refractivity contribution >= 4 is 23.5 Å². The van der Waals surface area contributed by atoms with Crippen molar-refractivity contribution in [1.82, 2.24) is 9.97 Å². The summed E-state index contributed by atoms with van der Waals surface area (Å²) in [6.45, 7) is 1.79. The van der Waals surface area contributed by atoms with Gasteiger partial charge in [-0.25, -0.2) is 9.97 Å². The molecule has 2 aliphatic heterocycles. The molecule has 152 valence electrons. The van der Waals surface area contributed by atoms with Gasteiger partial charge in [0, 0.05) is 40.7 Å². The Morgan fingerprint density at radius 3 is 2.60 bits per heavy atom. The summed E-state index contributed by atoms with van der Waals surface area (Å²) in [6, 6.07) is 15.6. The van der Waals surface area contributed by atoms with E-state index in [4.69, 9.17) is 32.0 Å². The molecule has 0 aliphatic carbocycles. The molecule has 0 spiro atoms. The largest absolute Gasteiger partial charge is 0.488 e. The number of fused-ring (bicyclic) bond motifs is 3. The van der Waals surface area contributed by atoms with E-state index in [9.17, 15) is 4.79 Å². The van der Waals surface area contributed by atoms with Gasteiger partial charge in [-0.15, -0.1) is 0 Å². The summed E-state index contributed by atoms with van der Waals surface area (Å²) < 4.78 is 5.99. The van der Waals surface area contributed by atoms with Gasteiger partial charge in [0.2, 0.25) is 11.9 Å². The van der Waals surface area contributed by atoms with E-state index in [2.05, 4.69) is 4.90 Å². The summed E-state index contributed by atoms with van der Waals surface area (Å²) in [6.07, 6.45) is 1.42. The minimum Gasteiger partial charge on any atom is -0.488 e. The third kappa shape index (κ3) is 3.37. The number of halogens is 1. The zero-order chi connectivity index (χ0) is 20.7. The molecule has 1 fully saturated rings. The number of nitrogens with two attached hydrogens (primary N) is 1. The number of anilines is 1. The Hall–Kier alpha value is -3.12. The highest BCUT2D eigenvalue weighted by atomic mass is 35.5. The summed E-state index contributed by atoms with van der Waals surface area (Å²) in [5, 5.41) is 0.654. The van der Waals surface area contributed by atoms with E-state index in [1.54, 1.807) is 0 Å². The summed E-state index contributed by atoms with van der Waals surface area (Å²) >= 11 is 6.26. The van der Waals surface area contributed by atoms with Crippen molar-refractivity contribution in [3.05, 3.63) is 59.1 Å². The lowest BCUT2D eigenvalue weighted by atomic mass is 9.96. The highest BCUT2D eigenvalue weighted by molar-refractivity contribution is 6.30. The minimum absolute atomic E-state index is 0.0830. The first-order valence-corrected chi connectivity index (χ1v) is 10.4. The zero-order valence-electron chi connectivity index (χ0n) is 16.3. The third-order valence-corrected chi connectivity index (χ3v) is 6.02. The fraction of sp³-hybridized carbons (Fsp3) is 0.261. The van der Waals surface area contributed by atoms with Crippen molar-refractivity contribution in [3.63, 3.8) is 0 Å². The Labute approximate surface area is 179 Å². The van der Waals surface area contributed by atoms with Crippen molar-refractivity contribution in [3.8, 4) is 28.3 Å². The highest BCUT2D eigenvalue weighted by Gasteiger charge is 2.28. The zero-order valence-corrected chi connectivity index (χ0v) is 17.1. The normalized spacial score (nSPS) is 15.8. The van der Waals surface area contributed by atoms with Gasteiger partial charge in [0.05, 0.1) is 11.4 Å². The standard InChI is InChI=1S/C23H21ClN4O2/c24-16-5-3-4-15(12-16)20-18-13-30-19-7-2-1-6-17(19)21(18)27-23(26-20)28-10-8-14(9-11-28)22(25)29/h1-7,12,14H,8-11,13H2,(H2,25,29). The van der Waals surface area contributed by atoms with E-state index in [1.807, 2.05) is 48.5 Å². The van der Waals surface area contributed by atoms with Gasteiger partial charge in [-0.3, -0.25) is 4.79 Å². The van der Waals surface area contributed by atoms with Gasteiger partial charge in [-0.2, -0.15) is 0 Å². The van der Waals surface area contributed by atoms with Crippen LogP contribution in [0.1, 0.15) is 18.4 Å². The van der Waals surface area contributed by atoms with Crippen LogP contribution in [0.5, 0.6) is 5.75 Å². The lowest BCUT2D eigenvalue weighted by molar-refractivity contribution is -0.122. The maximum Gasteiger partial charge on any atom is 0.226 e. The molecule has 2 N–H and O–H groups in total. The fourth-order valence-corrected chi connectivity index (χ4v) is 4.34. The molecule has 0 saturated carbocycles. The van der Waals surface area contributed by atoms with Crippen LogP contribution in [0, 0.1) is 5.92 Å².